The predicted molar refractivity (Wildman–Crippen MR) is 71.7 cm³/mol. The highest BCUT2D eigenvalue weighted by molar-refractivity contribution is 7.89. The van der Waals surface area contributed by atoms with Crippen molar-refractivity contribution >= 4 is 16.0 Å². The molecule has 0 aromatic heterocycles. The first-order valence-electron chi connectivity index (χ1n) is 6.39. The van der Waals surface area contributed by atoms with E-state index in [1.807, 2.05) is 0 Å². The van der Waals surface area contributed by atoms with Gasteiger partial charge in [-0.3, -0.25) is 0 Å². The number of nitrogens with one attached hydrogen (secondary N) is 1. The lowest BCUT2D eigenvalue weighted by Gasteiger charge is -2.31. The largest absolute Gasteiger partial charge is 0.465 e. The molecule has 0 bridgehead atoms. The second-order valence-electron chi connectivity index (χ2n) is 4.98. The maximum atomic E-state index is 13.3. The number of rotatable bonds is 5. The van der Waals surface area contributed by atoms with Crippen LogP contribution in [0.4, 0.5) is 4.39 Å². The van der Waals surface area contributed by atoms with Crippen LogP contribution in [0.5, 0.6) is 0 Å². The van der Waals surface area contributed by atoms with Crippen LogP contribution in [-0.2, 0) is 14.8 Å². The molecule has 1 saturated carbocycles. The Balaban J connectivity index is 2.22. The molecule has 2 N–H and O–H groups in total. The van der Waals surface area contributed by atoms with Crippen molar-refractivity contribution in [1.82, 2.24) is 4.72 Å². The first-order valence-corrected chi connectivity index (χ1v) is 7.87. The summed E-state index contributed by atoms with van der Waals surface area (Å²) in [6.07, 6.45) is 0.657. The zero-order valence-electron chi connectivity index (χ0n) is 11.4. The Morgan fingerprint density at radius 1 is 1.48 bits per heavy atom. The highest BCUT2D eigenvalue weighted by Gasteiger charge is 2.30. The molecule has 1 aromatic carbocycles. The van der Waals surface area contributed by atoms with Gasteiger partial charge in [0, 0.05) is 6.54 Å². The van der Waals surface area contributed by atoms with Crippen LogP contribution in [0, 0.1) is 11.7 Å². The summed E-state index contributed by atoms with van der Waals surface area (Å²) in [4.78, 5) is 11.1. The van der Waals surface area contributed by atoms with Crippen molar-refractivity contribution in [2.24, 2.45) is 5.92 Å². The summed E-state index contributed by atoms with van der Waals surface area (Å²) in [5, 5.41) is 9.16. The number of ether oxygens (including phenoxy) is 1. The minimum absolute atomic E-state index is 0.0462. The first-order chi connectivity index (χ1) is 9.83. The number of hydrogen-bond acceptors (Lipinski definition) is 5. The number of aliphatic hydroxyl groups excluding tert-OH is 1. The Labute approximate surface area is 122 Å². The number of hydrogen-bond donors (Lipinski definition) is 2. The quantitative estimate of drug-likeness (QED) is 0.778. The van der Waals surface area contributed by atoms with Crippen molar-refractivity contribution in [3.05, 3.63) is 29.6 Å². The molecule has 0 aliphatic heterocycles. The first kappa shape index (κ1) is 15.9. The molecule has 6 nitrogen and oxygen atoms in total. The standard InChI is InChI=1S/C13H16FNO5S/c1-20-13(17)11-3-2-9(14)6-12(11)21(18,19)15-7-8-4-10(16)5-8/h2-3,6,8,10,15-16H,4-5,7H2,1H3. The number of aliphatic hydroxyl groups is 1. The van der Waals surface area contributed by atoms with E-state index in [9.17, 15) is 17.6 Å². The normalized spacial score (nSPS) is 21.7. The van der Waals surface area contributed by atoms with E-state index in [-0.39, 0.29) is 24.1 Å². The van der Waals surface area contributed by atoms with E-state index < -0.39 is 26.7 Å². The second-order valence-corrected chi connectivity index (χ2v) is 6.71. The van der Waals surface area contributed by atoms with Crippen LogP contribution in [0.25, 0.3) is 0 Å². The average Bonchev–Trinajstić information content (AvgIpc) is 2.41. The highest BCUT2D eigenvalue weighted by atomic mass is 32.2. The second kappa shape index (κ2) is 6.08. The number of carbonyl (C=O) groups excluding carboxylic acids is 1. The van der Waals surface area contributed by atoms with Crippen molar-refractivity contribution in [1.29, 1.82) is 0 Å². The molecule has 0 heterocycles. The third kappa shape index (κ3) is 3.58. The average molecular weight is 317 g/mol. The molecule has 0 radical (unpaired) electrons. The minimum Gasteiger partial charge on any atom is -0.465 e. The molecular formula is C13H16FNO5S. The molecule has 1 aliphatic carbocycles. The van der Waals surface area contributed by atoms with E-state index in [1.165, 1.54) is 0 Å². The molecule has 0 atom stereocenters. The third-order valence-corrected chi connectivity index (χ3v) is 4.87. The van der Waals surface area contributed by atoms with Crippen molar-refractivity contribution in [2.75, 3.05) is 13.7 Å². The van der Waals surface area contributed by atoms with Crippen LogP contribution in [0.15, 0.2) is 23.1 Å². The van der Waals surface area contributed by atoms with E-state index in [0.29, 0.717) is 12.8 Å². The Morgan fingerprint density at radius 2 is 2.14 bits per heavy atom. The third-order valence-electron chi connectivity index (χ3n) is 3.41. The summed E-state index contributed by atoms with van der Waals surface area (Å²) in [5.74, 6) is -1.57. The van der Waals surface area contributed by atoms with E-state index in [0.717, 1.165) is 25.3 Å². The fraction of sp³-hybridized carbons (Fsp3) is 0.462. The summed E-state index contributed by atoms with van der Waals surface area (Å²) in [7, 11) is -2.91. The zero-order valence-corrected chi connectivity index (χ0v) is 12.2. The van der Waals surface area contributed by atoms with Crippen molar-refractivity contribution in [2.45, 2.75) is 23.8 Å². The van der Waals surface area contributed by atoms with Crippen LogP contribution in [-0.4, -0.2) is 39.3 Å². The summed E-state index contributed by atoms with van der Waals surface area (Å²) >= 11 is 0. The molecule has 21 heavy (non-hydrogen) atoms. The molecule has 2 rings (SSSR count). The molecule has 0 amide bonds. The summed E-state index contributed by atoms with van der Waals surface area (Å²) in [6, 6.07) is 2.85. The predicted octanol–water partition coefficient (Wildman–Crippen LogP) is 0.661. The van der Waals surface area contributed by atoms with Crippen molar-refractivity contribution < 1.29 is 27.4 Å². The van der Waals surface area contributed by atoms with Gasteiger partial charge in [0.25, 0.3) is 0 Å². The Bertz CT molecular complexity index is 640. The van der Waals surface area contributed by atoms with Gasteiger partial charge in [-0.05, 0) is 37.0 Å². The Hall–Kier alpha value is -1.51. The van der Waals surface area contributed by atoms with Gasteiger partial charge in [-0.15, -0.1) is 0 Å². The highest BCUT2D eigenvalue weighted by Crippen LogP contribution is 2.27. The Morgan fingerprint density at radius 3 is 2.71 bits per heavy atom. The molecule has 1 aliphatic rings. The van der Waals surface area contributed by atoms with Crippen LogP contribution < -0.4 is 4.72 Å². The minimum atomic E-state index is -4.03. The lowest BCUT2D eigenvalue weighted by Crippen LogP contribution is -2.38. The lowest BCUT2D eigenvalue weighted by atomic mass is 9.83. The number of benzene rings is 1. The SMILES string of the molecule is COC(=O)c1ccc(F)cc1S(=O)(=O)NCC1CC(O)C1. The number of methoxy groups -OCH3 is 1. The molecule has 116 valence electrons. The van der Waals surface area contributed by atoms with Gasteiger partial charge in [0.2, 0.25) is 10.0 Å². The fourth-order valence-electron chi connectivity index (χ4n) is 2.17. The molecule has 1 fully saturated rings. The van der Waals surface area contributed by atoms with Crippen LogP contribution in [0.1, 0.15) is 23.2 Å². The fourth-order valence-corrected chi connectivity index (χ4v) is 3.49. The van der Waals surface area contributed by atoms with Crippen LogP contribution in [0.2, 0.25) is 0 Å². The van der Waals surface area contributed by atoms with Gasteiger partial charge in [0.15, 0.2) is 0 Å². The maximum Gasteiger partial charge on any atom is 0.339 e. The van der Waals surface area contributed by atoms with Crippen molar-refractivity contribution in [3.8, 4) is 0 Å². The van der Waals surface area contributed by atoms with E-state index in [2.05, 4.69) is 9.46 Å². The lowest BCUT2D eigenvalue weighted by molar-refractivity contribution is 0.0453. The topological polar surface area (TPSA) is 92.7 Å². The molecule has 0 saturated heterocycles. The van der Waals surface area contributed by atoms with Crippen molar-refractivity contribution in [3.63, 3.8) is 0 Å². The van der Waals surface area contributed by atoms with Gasteiger partial charge >= 0.3 is 5.97 Å². The van der Waals surface area contributed by atoms with E-state index in [4.69, 9.17) is 5.11 Å². The van der Waals surface area contributed by atoms with E-state index >= 15 is 0 Å². The number of carbonyl (C=O) groups is 1. The summed E-state index contributed by atoms with van der Waals surface area (Å²) in [6.45, 7) is 0.135. The van der Waals surface area contributed by atoms with Crippen LogP contribution >= 0.6 is 0 Å². The summed E-state index contributed by atoms with van der Waals surface area (Å²) in [5.41, 5.74) is -0.222. The number of sulfonamides is 1. The Kier molecular flexibility index (Phi) is 4.60. The molecular weight excluding hydrogens is 301 g/mol. The van der Waals surface area contributed by atoms with Gasteiger partial charge < -0.3 is 9.84 Å². The molecule has 0 spiro atoms. The molecule has 0 unspecified atom stereocenters. The van der Waals surface area contributed by atoms with Gasteiger partial charge in [-0.25, -0.2) is 22.3 Å². The van der Waals surface area contributed by atoms with Gasteiger partial charge in [0.1, 0.15) is 5.82 Å². The number of esters is 1. The van der Waals surface area contributed by atoms with E-state index in [1.54, 1.807) is 0 Å². The smallest absolute Gasteiger partial charge is 0.339 e. The van der Waals surface area contributed by atoms with Gasteiger partial charge in [0.05, 0.1) is 23.7 Å². The van der Waals surface area contributed by atoms with Gasteiger partial charge in [-0.2, -0.15) is 0 Å². The number of halogens is 1. The van der Waals surface area contributed by atoms with Crippen LogP contribution in [0.3, 0.4) is 0 Å². The zero-order chi connectivity index (χ0) is 15.6. The van der Waals surface area contributed by atoms with Gasteiger partial charge in [-0.1, -0.05) is 0 Å². The summed E-state index contributed by atoms with van der Waals surface area (Å²) < 4.78 is 44.5. The maximum absolute atomic E-state index is 13.3. The molecule has 1 aromatic rings. The molecule has 8 heteroatoms. The monoisotopic (exact) mass is 317 g/mol.